The number of nitrogens with one attached hydrogen (secondary N) is 1. The summed E-state index contributed by atoms with van der Waals surface area (Å²) in [6.45, 7) is 3.07. The van der Waals surface area contributed by atoms with Gasteiger partial charge in [0.25, 0.3) is 11.8 Å². The molecule has 0 spiro atoms. The number of ether oxygens (including phenoxy) is 3. The van der Waals surface area contributed by atoms with Crippen molar-refractivity contribution in [3.63, 3.8) is 0 Å². The van der Waals surface area contributed by atoms with Gasteiger partial charge in [0.1, 0.15) is 5.75 Å². The molecule has 7 nitrogen and oxygen atoms in total. The highest BCUT2D eigenvalue weighted by molar-refractivity contribution is 6.05. The van der Waals surface area contributed by atoms with Crippen LogP contribution in [0.15, 0.2) is 42.5 Å². The number of para-hydroxylation sites is 1. The van der Waals surface area contributed by atoms with Crippen molar-refractivity contribution < 1.29 is 23.8 Å². The summed E-state index contributed by atoms with van der Waals surface area (Å²) < 4.78 is 16.4. The molecular formula is C23H28N2O5. The first kappa shape index (κ1) is 21.5. The van der Waals surface area contributed by atoms with E-state index in [9.17, 15) is 9.59 Å². The Hall–Kier alpha value is -3.22. The van der Waals surface area contributed by atoms with Crippen molar-refractivity contribution in [1.82, 2.24) is 4.90 Å². The van der Waals surface area contributed by atoms with Gasteiger partial charge in [0, 0.05) is 19.2 Å². The summed E-state index contributed by atoms with van der Waals surface area (Å²) in [7, 11) is 3.03. The molecule has 0 aromatic heterocycles. The maximum atomic E-state index is 13.2. The molecule has 1 unspecified atom stereocenters. The molecule has 3 rings (SSSR count). The van der Waals surface area contributed by atoms with E-state index >= 15 is 0 Å². The zero-order valence-electron chi connectivity index (χ0n) is 17.6. The molecule has 2 amide bonds. The molecule has 0 aliphatic carbocycles. The van der Waals surface area contributed by atoms with E-state index in [0.29, 0.717) is 41.6 Å². The third-order valence-electron chi connectivity index (χ3n) is 5.08. The van der Waals surface area contributed by atoms with Gasteiger partial charge < -0.3 is 24.4 Å². The van der Waals surface area contributed by atoms with E-state index in [2.05, 4.69) is 5.32 Å². The lowest BCUT2D eigenvalue weighted by Gasteiger charge is -2.28. The first-order chi connectivity index (χ1) is 14.5. The zero-order chi connectivity index (χ0) is 21.5. The molecule has 1 atom stereocenters. The third kappa shape index (κ3) is 5.03. The Morgan fingerprint density at radius 1 is 0.967 bits per heavy atom. The lowest BCUT2D eigenvalue weighted by atomic mass is 10.1. The predicted octanol–water partition coefficient (Wildman–Crippen LogP) is 3.74. The van der Waals surface area contributed by atoms with E-state index in [1.165, 1.54) is 14.2 Å². The summed E-state index contributed by atoms with van der Waals surface area (Å²) in [5, 5.41) is 2.83. The normalized spacial score (nSPS) is 14.6. The van der Waals surface area contributed by atoms with Crippen molar-refractivity contribution in [3.8, 4) is 17.2 Å². The molecule has 30 heavy (non-hydrogen) atoms. The highest BCUT2D eigenvalue weighted by Gasteiger charge is 2.25. The molecule has 160 valence electrons. The SMILES string of the molecule is COc1cc(NC(=O)C(C)Oc2ccccc2)c(C(=O)N2CCCCC2)cc1OC. The number of carbonyl (C=O) groups is 2. The Morgan fingerprint density at radius 3 is 2.23 bits per heavy atom. The molecule has 0 bridgehead atoms. The topological polar surface area (TPSA) is 77.1 Å². The number of carbonyl (C=O) groups excluding carboxylic acids is 2. The highest BCUT2D eigenvalue weighted by atomic mass is 16.5. The van der Waals surface area contributed by atoms with E-state index in [1.54, 1.807) is 31.2 Å². The van der Waals surface area contributed by atoms with Gasteiger partial charge in [-0.3, -0.25) is 9.59 Å². The molecule has 1 fully saturated rings. The Kier molecular flexibility index (Phi) is 7.17. The average molecular weight is 412 g/mol. The van der Waals surface area contributed by atoms with Crippen LogP contribution >= 0.6 is 0 Å². The summed E-state index contributed by atoms with van der Waals surface area (Å²) >= 11 is 0. The minimum absolute atomic E-state index is 0.136. The fraction of sp³-hybridized carbons (Fsp3) is 0.391. The maximum Gasteiger partial charge on any atom is 0.265 e. The van der Waals surface area contributed by atoms with Crippen molar-refractivity contribution in [2.24, 2.45) is 0 Å². The van der Waals surface area contributed by atoms with Crippen LogP contribution in [0.5, 0.6) is 17.2 Å². The fourth-order valence-corrected chi connectivity index (χ4v) is 3.42. The second-order valence-electron chi connectivity index (χ2n) is 7.17. The smallest absolute Gasteiger partial charge is 0.265 e. The van der Waals surface area contributed by atoms with Crippen molar-refractivity contribution in [2.45, 2.75) is 32.3 Å². The Labute approximate surface area is 176 Å². The minimum Gasteiger partial charge on any atom is -0.493 e. The molecule has 1 N–H and O–H groups in total. The number of piperidine rings is 1. The lowest BCUT2D eigenvalue weighted by molar-refractivity contribution is -0.122. The van der Waals surface area contributed by atoms with Gasteiger partial charge in [0.05, 0.1) is 25.5 Å². The van der Waals surface area contributed by atoms with Crippen LogP contribution in [0.2, 0.25) is 0 Å². The molecule has 1 heterocycles. The first-order valence-corrected chi connectivity index (χ1v) is 10.1. The van der Waals surface area contributed by atoms with Crippen LogP contribution < -0.4 is 19.5 Å². The predicted molar refractivity (Wildman–Crippen MR) is 114 cm³/mol. The number of methoxy groups -OCH3 is 2. The van der Waals surface area contributed by atoms with Gasteiger partial charge in [-0.05, 0) is 44.4 Å². The Balaban J connectivity index is 1.85. The number of anilines is 1. The van der Waals surface area contributed by atoms with E-state index in [1.807, 2.05) is 23.1 Å². The number of rotatable bonds is 7. The second kappa shape index (κ2) is 10.0. The van der Waals surface area contributed by atoms with Gasteiger partial charge in [0.15, 0.2) is 17.6 Å². The van der Waals surface area contributed by atoms with E-state index in [4.69, 9.17) is 14.2 Å². The van der Waals surface area contributed by atoms with Crippen molar-refractivity contribution in [2.75, 3.05) is 32.6 Å². The lowest BCUT2D eigenvalue weighted by Crippen LogP contribution is -2.37. The number of hydrogen-bond acceptors (Lipinski definition) is 5. The van der Waals surface area contributed by atoms with Crippen LogP contribution in [0.1, 0.15) is 36.5 Å². The number of nitrogens with zero attached hydrogens (tertiary/aromatic N) is 1. The van der Waals surface area contributed by atoms with Gasteiger partial charge >= 0.3 is 0 Å². The molecule has 1 aliphatic rings. The molecule has 7 heteroatoms. The van der Waals surface area contributed by atoms with E-state index in [-0.39, 0.29) is 11.8 Å². The highest BCUT2D eigenvalue weighted by Crippen LogP contribution is 2.34. The summed E-state index contributed by atoms with van der Waals surface area (Å²) in [6.07, 6.45) is 2.32. The molecule has 0 radical (unpaired) electrons. The number of hydrogen-bond donors (Lipinski definition) is 1. The monoisotopic (exact) mass is 412 g/mol. The molecule has 1 saturated heterocycles. The largest absolute Gasteiger partial charge is 0.493 e. The summed E-state index contributed by atoms with van der Waals surface area (Å²) in [4.78, 5) is 27.8. The van der Waals surface area contributed by atoms with Gasteiger partial charge in [0.2, 0.25) is 0 Å². The van der Waals surface area contributed by atoms with Crippen LogP contribution in [-0.2, 0) is 4.79 Å². The van der Waals surface area contributed by atoms with Gasteiger partial charge in [-0.1, -0.05) is 18.2 Å². The van der Waals surface area contributed by atoms with Crippen LogP contribution in [0.4, 0.5) is 5.69 Å². The van der Waals surface area contributed by atoms with Crippen LogP contribution in [0, 0.1) is 0 Å². The molecule has 2 aromatic rings. The van der Waals surface area contributed by atoms with E-state index in [0.717, 1.165) is 19.3 Å². The van der Waals surface area contributed by atoms with Gasteiger partial charge in [-0.25, -0.2) is 0 Å². The second-order valence-corrected chi connectivity index (χ2v) is 7.17. The van der Waals surface area contributed by atoms with Gasteiger partial charge in [-0.15, -0.1) is 0 Å². The van der Waals surface area contributed by atoms with Crippen molar-refractivity contribution in [1.29, 1.82) is 0 Å². The maximum absolute atomic E-state index is 13.2. The number of amides is 2. The Bertz CT molecular complexity index is 879. The van der Waals surface area contributed by atoms with Crippen LogP contribution in [-0.4, -0.2) is 50.1 Å². The summed E-state index contributed by atoms with van der Waals surface area (Å²) in [5.74, 6) is 0.961. The molecule has 0 saturated carbocycles. The van der Waals surface area contributed by atoms with Crippen LogP contribution in [0.3, 0.4) is 0 Å². The van der Waals surface area contributed by atoms with Crippen molar-refractivity contribution >= 4 is 17.5 Å². The minimum atomic E-state index is -0.751. The molecule has 1 aliphatic heterocycles. The first-order valence-electron chi connectivity index (χ1n) is 10.1. The molecular weight excluding hydrogens is 384 g/mol. The Morgan fingerprint density at radius 2 is 1.60 bits per heavy atom. The fourth-order valence-electron chi connectivity index (χ4n) is 3.42. The number of likely N-dealkylation sites (tertiary alicyclic amines) is 1. The zero-order valence-corrected chi connectivity index (χ0v) is 17.6. The summed E-state index contributed by atoms with van der Waals surface area (Å²) in [5.41, 5.74) is 0.742. The average Bonchev–Trinajstić information content (AvgIpc) is 2.79. The van der Waals surface area contributed by atoms with Crippen molar-refractivity contribution in [3.05, 3.63) is 48.0 Å². The van der Waals surface area contributed by atoms with Gasteiger partial charge in [-0.2, -0.15) is 0 Å². The summed E-state index contributed by atoms with van der Waals surface area (Å²) in [6, 6.07) is 12.3. The van der Waals surface area contributed by atoms with Crippen LogP contribution in [0.25, 0.3) is 0 Å². The standard InChI is InChI=1S/C23H28N2O5/c1-16(30-17-10-6-4-7-11-17)22(26)24-19-15-21(29-3)20(28-2)14-18(19)23(27)25-12-8-5-9-13-25/h4,6-7,10-11,14-16H,5,8-9,12-13H2,1-3H3,(H,24,26). The molecule has 2 aromatic carbocycles. The van der Waals surface area contributed by atoms with E-state index < -0.39 is 6.10 Å². The quantitative estimate of drug-likeness (QED) is 0.750. The third-order valence-corrected chi connectivity index (χ3v) is 5.08. The number of benzene rings is 2.